The van der Waals surface area contributed by atoms with Crippen LogP contribution in [0.4, 0.5) is 4.39 Å². The number of benzene rings is 2. The summed E-state index contributed by atoms with van der Waals surface area (Å²) in [5.74, 6) is -0.190. The number of aromatic amines is 1. The molecule has 0 radical (unpaired) electrons. The molecule has 0 amide bonds. The fraction of sp³-hybridized carbons (Fsp3) is 0.222. The minimum atomic E-state index is -0.190. The van der Waals surface area contributed by atoms with Crippen LogP contribution in [0.5, 0.6) is 0 Å². The van der Waals surface area contributed by atoms with Gasteiger partial charge in [-0.25, -0.2) is 4.39 Å². The number of rotatable bonds is 1. The van der Waals surface area contributed by atoms with E-state index in [1.807, 2.05) is 12.1 Å². The highest BCUT2D eigenvalue weighted by molar-refractivity contribution is 5.85. The Hall–Kier alpha value is -2.13. The number of fused-ring (bicyclic) bond motifs is 3. The highest BCUT2D eigenvalue weighted by Crippen LogP contribution is 2.35. The molecule has 3 aromatic rings. The first-order chi connectivity index (χ1) is 10.2. The molecule has 1 aromatic heterocycles. The van der Waals surface area contributed by atoms with Crippen LogP contribution in [0.25, 0.3) is 10.9 Å². The first-order valence-electron chi connectivity index (χ1n) is 7.33. The van der Waals surface area contributed by atoms with Gasteiger partial charge in [0.2, 0.25) is 0 Å². The average molecular weight is 280 g/mol. The van der Waals surface area contributed by atoms with Crippen LogP contribution in [0.1, 0.15) is 29.8 Å². The SMILES string of the molecule is C[C@@H]1Cc2c([nH]c3ccccc23)[C@@H](c2cccc(F)c2)N1. The van der Waals surface area contributed by atoms with Gasteiger partial charge < -0.3 is 10.3 Å². The van der Waals surface area contributed by atoms with Gasteiger partial charge in [-0.05, 0) is 42.7 Å². The Morgan fingerprint density at radius 2 is 1.95 bits per heavy atom. The topological polar surface area (TPSA) is 27.8 Å². The second kappa shape index (κ2) is 4.71. The van der Waals surface area contributed by atoms with E-state index >= 15 is 0 Å². The Labute approximate surface area is 123 Å². The zero-order chi connectivity index (χ0) is 14.4. The molecule has 21 heavy (non-hydrogen) atoms. The molecule has 0 aliphatic carbocycles. The highest BCUT2D eigenvalue weighted by Gasteiger charge is 2.28. The summed E-state index contributed by atoms with van der Waals surface area (Å²) in [5.41, 5.74) is 4.64. The first-order valence-corrected chi connectivity index (χ1v) is 7.33. The molecule has 2 nitrogen and oxygen atoms in total. The molecule has 0 bridgehead atoms. The van der Waals surface area contributed by atoms with Crippen molar-refractivity contribution in [1.82, 2.24) is 10.3 Å². The van der Waals surface area contributed by atoms with Crippen LogP contribution in [0.2, 0.25) is 0 Å². The van der Waals surface area contributed by atoms with Crippen molar-refractivity contribution < 1.29 is 4.39 Å². The van der Waals surface area contributed by atoms with Crippen LogP contribution in [0.3, 0.4) is 0 Å². The molecule has 0 saturated carbocycles. The summed E-state index contributed by atoms with van der Waals surface area (Å²) in [6.07, 6.45) is 0.991. The molecule has 0 saturated heterocycles. The molecular weight excluding hydrogens is 263 g/mol. The van der Waals surface area contributed by atoms with Gasteiger partial charge >= 0.3 is 0 Å². The third-order valence-electron chi connectivity index (χ3n) is 4.28. The van der Waals surface area contributed by atoms with Crippen molar-refractivity contribution >= 4 is 10.9 Å². The molecule has 1 aliphatic heterocycles. The van der Waals surface area contributed by atoms with Gasteiger partial charge in [0, 0.05) is 22.6 Å². The van der Waals surface area contributed by atoms with E-state index in [0.29, 0.717) is 6.04 Å². The lowest BCUT2D eigenvalue weighted by Crippen LogP contribution is -2.37. The lowest BCUT2D eigenvalue weighted by Gasteiger charge is -2.29. The van der Waals surface area contributed by atoms with Gasteiger partial charge in [0.05, 0.1) is 6.04 Å². The number of hydrogen-bond donors (Lipinski definition) is 2. The summed E-state index contributed by atoms with van der Waals surface area (Å²) < 4.78 is 13.6. The van der Waals surface area contributed by atoms with Gasteiger partial charge in [0.1, 0.15) is 5.82 Å². The van der Waals surface area contributed by atoms with Crippen molar-refractivity contribution in [2.75, 3.05) is 0 Å². The lowest BCUT2D eigenvalue weighted by atomic mass is 9.91. The number of aromatic nitrogens is 1. The first kappa shape index (κ1) is 12.6. The van der Waals surface area contributed by atoms with Crippen molar-refractivity contribution in [2.24, 2.45) is 0 Å². The minimum absolute atomic E-state index is 0.0202. The predicted molar refractivity (Wildman–Crippen MR) is 82.8 cm³/mol. The fourth-order valence-corrected chi connectivity index (χ4v) is 3.37. The third kappa shape index (κ3) is 2.05. The molecule has 106 valence electrons. The van der Waals surface area contributed by atoms with Gasteiger partial charge in [-0.1, -0.05) is 30.3 Å². The summed E-state index contributed by atoms with van der Waals surface area (Å²) in [7, 11) is 0. The number of halogens is 1. The Morgan fingerprint density at radius 1 is 1.10 bits per heavy atom. The van der Waals surface area contributed by atoms with Gasteiger partial charge in [-0.15, -0.1) is 0 Å². The molecule has 2 N–H and O–H groups in total. The second-order valence-corrected chi connectivity index (χ2v) is 5.82. The van der Waals surface area contributed by atoms with Crippen LogP contribution in [-0.4, -0.2) is 11.0 Å². The highest BCUT2D eigenvalue weighted by atomic mass is 19.1. The normalized spacial score (nSPS) is 21.4. The van der Waals surface area contributed by atoms with Crippen LogP contribution < -0.4 is 5.32 Å². The summed E-state index contributed by atoms with van der Waals surface area (Å²) in [6.45, 7) is 2.18. The monoisotopic (exact) mass is 280 g/mol. The van der Waals surface area contributed by atoms with E-state index < -0.39 is 0 Å². The standard InChI is InChI=1S/C18H17FN2/c1-11-9-15-14-7-2-3-8-16(14)21-18(15)17(20-11)12-5-4-6-13(19)10-12/h2-8,10-11,17,20-21H,9H2,1H3/t11-,17-/m1/s1. The van der Waals surface area contributed by atoms with E-state index in [0.717, 1.165) is 17.5 Å². The smallest absolute Gasteiger partial charge is 0.123 e. The lowest BCUT2D eigenvalue weighted by molar-refractivity contribution is 0.458. The van der Waals surface area contributed by atoms with Crippen LogP contribution >= 0.6 is 0 Å². The Balaban J connectivity index is 1.91. The summed E-state index contributed by atoms with van der Waals surface area (Å²) >= 11 is 0. The van der Waals surface area contributed by atoms with E-state index in [-0.39, 0.29) is 11.9 Å². The maximum atomic E-state index is 13.6. The van der Waals surface area contributed by atoms with Crippen LogP contribution in [0, 0.1) is 5.82 Å². The van der Waals surface area contributed by atoms with Crippen molar-refractivity contribution in [3.05, 3.63) is 71.2 Å². The van der Waals surface area contributed by atoms with E-state index in [4.69, 9.17) is 0 Å². The third-order valence-corrected chi connectivity index (χ3v) is 4.28. The number of para-hydroxylation sites is 1. The summed E-state index contributed by atoms with van der Waals surface area (Å²) in [4.78, 5) is 3.52. The van der Waals surface area contributed by atoms with Crippen molar-refractivity contribution in [3.63, 3.8) is 0 Å². The van der Waals surface area contributed by atoms with Crippen LogP contribution in [-0.2, 0) is 6.42 Å². The molecule has 0 fully saturated rings. The van der Waals surface area contributed by atoms with E-state index in [2.05, 4.69) is 35.4 Å². The molecule has 0 spiro atoms. The zero-order valence-electron chi connectivity index (χ0n) is 11.9. The van der Waals surface area contributed by atoms with E-state index in [1.54, 1.807) is 12.1 Å². The Bertz CT molecular complexity index is 806. The second-order valence-electron chi connectivity index (χ2n) is 5.82. The zero-order valence-corrected chi connectivity index (χ0v) is 11.9. The molecule has 2 heterocycles. The molecule has 2 aromatic carbocycles. The van der Waals surface area contributed by atoms with Gasteiger partial charge in [-0.2, -0.15) is 0 Å². The predicted octanol–water partition coefficient (Wildman–Crippen LogP) is 3.93. The van der Waals surface area contributed by atoms with Gasteiger partial charge in [0.15, 0.2) is 0 Å². The average Bonchev–Trinajstić information content (AvgIpc) is 2.85. The van der Waals surface area contributed by atoms with Gasteiger partial charge in [-0.3, -0.25) is 0 Å². The van der Waals surface area contributed by atoms with Gasteiger partial charge in [0.25, 0.3) is 0 Å². The molecule has 1 aliphatic rings. The molecule has 2 atom stereocenters. The maximum absolute atomic E-state index is 13.6. The Morgan fingerprint density at radius 3 is 2.81 bits per heavy atom. The van der Waals surface area contributed by atoms with Crippen molar-refractivity contribution in [3.8, 4) is 0 Å². The van der Waals surface area contributed by atoms with Crippen molar-refractivity contribution in [2.45, 2.75) is 25.4 Å². The summed E-state index contributed by atoms with van der Waals surface area (Å²) in [5, 5.41) is 4.86. The fourth-order valence-electron chi connectivity index (χ4n) is 3.37. The van der Waals surface area contributed by atoms with Crippen molar-refractivity contribution in [1.29, 1.82) is 0 Å². The number of nitrogens with one attached hydrogen (secondary N) is 2. The molecule has 0 unspecified atom stereocenters. The molecular formula is C18H17FN2. The van der Waals surface area contributed by atoms with E-state index in [9.17, 15) is 4.39 Å². The molecule has 4 rings (SSSR count). The Kier molecular flexibility index (Phi) is 2.82. The maximum Gasteiger partial charge on any atom is 0.123 e. The van der Waals surface area contributed by atoms with E-state index in [1.165, 1.54) is 22.7 Å². The summed E-state index contributed by atoms with van der Waals surface area (Å²) in [6, 6.07) is 15.6. The molecule has 3 heteroatoms. The minimum Gasteiger partial charge on any atom is -0.357 e. The quantitative estimate of drug-likeness (QED) is 0.694. The number of H-pyrrole nitrogens is 1. The largest absolute Gasteiger partial charge is 0.357 e. The van der Waals surface area contributed by atoms with Crippen LogP contribution in [0.15, 0.2) is 48.5 Å². The number of hydrogen-bond acceptors (Lipinski definition) is 1.